The molecule has 0 aliphatic carbocycles. The van der Waals surface area contributed by atoms with Crippen LogP contribution in [0.5, 0.6) is 0 Å². The Morgan fingerprint density at radius 3 is 2.73 bits per heavy atom. The number of ether oxygens (including phenoxy) is 1. The van der Waals surface area contributed by atoms with Crippen LogP contribution in [0.4, 0.5) is 0 Å². The quantitative estimate of drug-likeness (QED) is 0.283. The highest BCUT2D eigenvalue weighted by molar-refractivity contribution is 5.77. The topological polar surface area (TPSA) is 76.7 Å². The predicted molar refractivity (Wildman–Crippen MR) is 60.7 cm³/mol. The summed E-state index contributed by atoms with van der Waals surface area (Å²) in [7, 11) is 1.64. The first kappa shape index (κ1) is 13.7. The second kappa shape index (κ2) is 9.30. The fourth-order valence-electron chi connectivity index (χ4n) is 1.10. The van der Waals surface area contributed by atoms with E-state index in [2.05, 4.69) is 10.3 Å². The molecule has 5 heteroatoms. The Morgan fingerprint density at radius 2 is 2.13 bits per heavy atom. The van der Waals surface area contributed by atoms with Crippen LogP contribution in [-0.2, 0) is 9.53 Å². The highest BCUT2D eigenvalue weighted by atomic mass is 16.5. The summed E-state index contributed by atoms with van der Waals surface area (Å²) in [5.74, 6) is 0.348. The minimum absolute atomic E-state index is 0.111. The molecule has 0 unspecified atom stereocenters. The molecule has 0 fully saturated rings. The van der Waals surface area contributed by atoms with Gasteiger partial charge in [0.1, 0.15) is 0 Å². The number of hydrogen-bond donors (Lipinski definition) is 2. The number of esters is 1. The molecular formula is C10H21N3O2. The Kier molecular flexibility index (Phi) is 8.52. The van der Waals surface area contributed by atoms with Crippen LogP contribution >= 0.6 is 0 Å². The number of nitrogens with one attached hydrogen (secondary N) is 1. The first-order valence-electron chi connectivity index (χ1n) is 5.32. The molecule has 3 N–H and O–H groups in total. The summed E-state index contributed by atoms with van der Waals surface area (Å²) in [6, 6.07) is 0. The van der Waals surface area contributed by atoms with Crippen molar-refractivity contribution in [1.29, 1.82) is 0 Å². The van der Waals surface area contributed by atoms with Crippen LogP contribution in [-0.4, -0.2) is 32.1 Å². The molecule has 0 aliphatic rings. The highest BCUT2D eigenvalue weighted by Crippen LogP contribution is 2.00. The van der Waals surface area contributed by atoms with E-state index in [1.807, 2.05) is 6.92 Å². The van der Waals surface area contributed by atoms with Crippen LogP contribution in [0.3, 0.4) is 0 Å². The molecule has 0 spiro atoms. The van der Waals surface area contributed by atoms with E-state index in [1.54, 1.807) is 7.05 Å². The van der Waals surface area contributed by atoms with Gasteiger partial charge in [-0.25, -0.2) is 0 Å². The zero-order chi connectivity index (χ0) is 11.5. The lowest BCUT2D eigenvalue weighted by atomic mass is 10.2. The Hall–Kier alpha value is -1.26. The number of rotatable bonds is 7. The summed E-state index contributed by atoms with van der Waals surface area (Å²) in [4.78, 5) is 14.7. The first-order chi connectivity index (χ1) is 7.20. The van der Waals surface area contributed by atoms with Gasteiger partial charge in [-0.15, -0.1) is 0 Å². The Balaban J connectivity index is 3.21. The molecule has 5 nitrogen and oxygen atoms in total. The summed E-state index contributed by atoms with van der Waals surface area (Å²) in [6.45, 7) is 3.07. The molecule has 0 aromatic heterocycles. The minimum Gasteiger partial charge on any atom is -0.466 e. The summed E-state index contributed by atoms with van der Waals surface area (Å²) in [5.41, 5.74) is 5.44. The van der Waals surface area contributed by atoms with Crippen molar-refractivity contribution >= 4 is 11.9 Å². The Labute approximate surface area is 91.1 Å². The van der Waals surface area contributed by atoms with E-state index in [9.17, 15) is 4.79 Å². The van der Waals surface area contributed by atoms with Crippen LogP contribution in [0.2, 0.25) is 0 Å². The van der Waals surface area contributed by atoms with Gasteiger partial charge in [0.05, 0.1) is 6.61 Å². The monoisotopic (exact) mass is 215 g/mol. The molecule has 0 aromatic rings. The van der Waals surface area contributed by atoms with Gasteiger partial charge in [-0.1, -0.05) is 6.42 Å². The number of carbonyl (C=O) groups excluding carboxylic acids is 1. The molecule has 0 rings (SSSR count). The van der Waals surface area contributed by atoms with E-state index < -0.39 is 0 Å². The third kappa shape index (κ3) is 9.05. The van der Waals surface area contributed by atoms with Crippen molar-refractivity contribution in [2.75, 3.05) is 20.2 Å². The molecule has 0 heterocycles. The largest absolute Gasteiger partial charge is 0.466 e. The van der Waals surface area contributed by atoms with E-state index >= 15 is 0 Å². The van der Waals surface area contributed by atoms with Crippen molar-refractivity contribution in [3.63, 3.8) is 0 Å². The van der Waals surface area contributed by atoms with Crippen molar-refractivity contribution in [2.24, 2.45) is 10.7 Å². The van der Waals surface area contributed by atoms with Gasteiger partial charge in [-0.2, -0.15) is 0 Å². The van der Waals surface area contributed by atoms with E-state index in [1.165, 1.54) is 0 Å². The van der Waals surface area contributed by atoms with Gasteiger partial charge in [0, 0.05) is 20.0 Å². The molecular weight excluding hydrogens is 194 g/mol. The Morgan fingerprint density at radius 1 is 1.40 bits per heavy atom. The second-order valence-corrected chi connectivity index (χ2v) is 3.15. The molecule has 0 saturated carbocycles. The lowest BCUT2D eigenvalue weighted by molar-refractivity contribution is -0.143. The number of hydrogen-bond acceptors (Lipinski definition) is 3. The number of aliphatic imine (C=N–C) groups is 1. The maximum absolute atomic E-state index is 11.0. The molecule has 15 heavy (non-hydrogen) atoms. The standard InChI is InChI=1S/C10H21N3O2/c1-3-15-9(14)7-5-4-6-8-13-10(11)12-2/h3-8H2,1-2H3,(H3,11,12,13). The maximum Gasteiger partial charge on any atom is 0.305 e. The average molecular weight is 215 g/mol. The molecule has 0 aromatic carbocycles. The van der Waals surface area contributed by atoms with E-state index in [-0.39, 0.29) is 5.97 Å². The highest BCUT2D eigenvalue weighted by Gasteiger charge is 2.00. The van der Waals surface area contributed by atoms with Gasteiger partial charge in [-0.05, 0) is 19.8 Å². The van der Waals surface area contributed by atoms with Gasteiger partial charge < -0.3 is 15.8 Å². The van der Waals surface area contributed by atoms with Crippen LogP contribution in [0, 0.1) is 0 Å². The smallest absolute Gasteiger partial charge is 0.305 e. The SMILES string of the molecule is CCOC(=O)CCCCCNC(N)=NC. The molecule has 0 bridgehead atoms. The zero-order valence-electron chi connectivity index (χ0n) is 9.58. The van der Waals surface area contributed by atoms with Crippen molar-refractivity contribution in [1.82, 2.24) is 5.32 Å². The normalized spacial score (nSPS) is 11.2. The van der Waals surface area contributed by atoms with Crippen molar-refractivity contribution in [3.05, 3.63) is 0 Å². The predicted octanol–water partition coefficient (Wildman–Crippen LogP) is 0.644. The van der Waals surface area contributed by atoms with E-state index in [0.717, 1.165) is 25.8 Å². The van der Waals surface area contributed by atoms with Gasteiger partial charge in [-0.3, -0.25) is 9.79 Å². The summed E-state index contributed by atoms with van der Waals surface area (Å²) in [5, 5.41) is 2.96. The second-order valence-electron chi connectivity index (χ2n) is 3.15. The molecule has 0 aliphatic heterocycles. The Bertz CT molecular complexity index is 205. The van der Waals surface area contributed by atoms with Gasteiger partial charge >= 0.3 is 5.97 Å². The van der Waals surface area contributed by atoms with Crippen molar-refractivity contribution in [2.45, 2.75) is 32.6 Å². The fourth-order valence-corrected chi connectivity index (χ4v) is 1.10. The average Bonchev–Trinajstić information content (AvgIpc) is 2.23. The van der Waals surface area contributed by atoms with E-state index in [0.29, 0.717) is 19.0 Å². The number of nitrogens with two attached hydrogens (primary N) is 1. The number of nitrogens with zero attached hydrogens (tertiary/aromatic N) is 1. The van der Waals surface area contributed by atoms with Crippen molar-refractivity contribution < 1.29 is 9.53 Å². The summed E-state index contributed by atoms with van der Waals surface area (Å²) >= 11 is 0. The van der Waals surface area contributed by atoms with Gasteiger partial charge in [0.2, 0.25) is 0 Å². The third-order valence-corrected chi connectivity index (χ3v) is 1.91. The molecule has 88 valence electrons. The number of carbonyl (C=O) groups is 1. The van der Waals surface area contributed by atoms with Crippen LogP contribution < -0.4 is 11.1 Å². The van der Waals surface area contributed by atoms with Crippen LogP contribution in [0.25, 0.3) is 0 Å². The lowest BCUT2D eigenvalue weighted by Crippen LogP contribution is -2.32. The maximum atomic E-state index is 11.0. The van der Waals surface area contributed by atoms with Crippen molar-refractivity contribution in [3.8, 4) is 0 Å². The lowest BCUT2D eigenvalue weighted by Gasteiger charge is -2.04. The number of unbranched alkanes of at least 4 members (excludes halogenated alkanes) is 2. The molecule has 0 radical (unpaired) electrons. The zero-order valence-corrected chi connectivity index (χ0v) is 9.58. The fraction of sp³-hybridized carbons (Fsp3) is 0.800. The molecule has 0 atom stereocenters. The van der Waals surface area contributed by atoms with E-state index in [4.69, 9.17) is 10.5 Å². The molecule has 0 saturated heterocycles. The van der Waals surface area contributed by atoms with Gasteiger partial charge in [0.25, 0.3) is 0 Å². The first-order valence-corrected chi connectivity index (χ1v) is 5.32. The molecule has 0 amide bonds. The van der Waals surface area contributed by atoms with Crippen LogP contribution in [0.1, 0.15) is 32.6 Å². The third-order valence-electron chi connectivity index (χ3n) is 1.91. The van der Waals surface area contributed by atoms with Gasteiger partial charge in [0.15, 0.2) is 5.96 Å². The van der Waals surface area contributed by atoms with Crippen LogP contribution in [0.15, 0.2) is 4.99 Å². The summed E-state index contributed by atoms with van der Waals surface area (Å²) in [6.07, 6.45) is 3.34. The summed E-state index contributed by atoms with van der Waals surface area (Å²) < 4.78 is 4.81. The number of guanidine groups is 1. The minimum atomic E-state index is -0.111.